The van der Waals surface area contributed by atoms with Crippen molar-refractivity contribution < 1.29 is 26.3 Å². The van der Waals surface area contributed by atoms with Gasteiger partial charge in [-0.05, 0) is 132 Å². The van der Waals surface area contributed by atoms with Gasteiger partial charge in [0, 0.05) is 44.8 Å². The lowest BCUT2D eigenvalue weighted by atomic mass is 9.76. The average Bonchev–Trinajstić information content (AvgIpc) is 3.91. The molecular weight excluding hydrogens is 997 g/mol. The lowest BCUT2D eigenvalue weighted by Gasteiger charge is -2.31. The molecule has 9 heteroatoms. The molecule has 0 amide bonds. The van der Waals surface area contributed by atoms with Gasteiger partial charge in [-0.15, -0.1) is 0 Å². The van der Waals surface area contributed by atoms with E-state index in [1.54, 1.807) is 12.1 Å². The van der Waals surface area contributed by atoms with E-state index in [1.807, 2.05) is 83.6 Å². The van der Waals surface area contributed by atoms with E-state index in [9.17, 15) is 18.4 Å². The summed E-state index contributed by atoms with van der Waals surface area (Å²) in [6, 6.07) is 42.4. The number of benzene rings is 7. The van der Waals surface area contributed by atoms with Crippen LogP contribution in [-0.4, -0.2) is 9.13 Å². The quantitative estimate of drug-likeness (QED) is 0.146. The van der Waals surface area contributed by atoms with Crippen LogP contribution in [0.2, 0.25) is 0 Å². The van der Waals surface area contributed by atoms with Crippen molar-refractivity contribution in [2.24, 2.45) is 17.3 Å². The Balaban J connectivity index is 1.22. The first-order valence-electron chi connectivity index (χ1n) is 26.9. The van der Waals surface area contributed by atoms with Gasteiger partial charge >= 0.3 is 12.4 Å². The van der Waals surface area contributed by atoms with Crippen LogP contribution in [0.3, 0.4) is 0 Å². The number of nitrogens with zero attached hydrogens (tertiary/aromatic N) is 3. The number of aromatic nitrogens is 2. The maximum absolute atomic E-state index is 15.9. The van der Waals surface area contributed by atoms with Crippen molar-refractivity contribution in [1.29, 1.82) is 5.26 Å². The van der Waals surface area contributed by atoms with Gasteiger partial charge < -0.3 is 9.13 Å². The monoisotopic (exact) mass is 1050 g/mol. The Morgan fingerprint density at radius 3 is 1.82 bits per heavy atom. The second-order valence-electron chi connectivity index (χ2n) is 22.9. The van der Waals surface area contributed by atoms with Crippen LogP contribution in [0.4, 0.5) is 26.3 Å². The van der Waals surface area contributed by atoms with E-state index in [-0.39, 0.29) is 51.7 Å². The second-order valence-corrected chi connectivity index (χ2v) is 22.9. The highest BCUT2D eigenvalue weighted by Crippen LogP contribution is 2.51. The number of hydrogen-bond donors (Lipinski definition) is 0. The summed E-state index contributed by atoms with van der Waals surface area (Å²) >= 11 is 0. The molecule has 0 bridgehead atoms. The van der Waals surface area contributed by atoms with E-state index in [1.165, 1.54) is 5.57 Å². The summed E-state index contributed by atoms with van der Waals surface area (Å²) in [4.78, 5) is 0. The van der Waals surface area contributed by atoms with Gasteiger partial charge in [0.05, 0.1) is 44.6 Å². The molecular formula is C70H57F6N3. The zero-order valence-electron chi connectivity index (χ0n) is 45.0. The maximum Gasteiger partial charge on any atom is 0.417 e. The van der Waals surface area contributed by atoms with Crippen molar-refractivity contribution in [3.05, 3.63) is 226 Å². The fourth-order valence-corrected chi connectivity index (χ4v) is 12.8. The molecule has 79 heavy (non-hydrogen) atoms. The van der Waals surface area contributed by atoms with Crippen LogP contribution < -0.4 is 0 Å². The first-order valence-corrected chi connectivity index (χ1v) is 26.9. The molecule has 0 fully saturated rings. The van der Waals surface area contributed by atoms with Gasteiger partial charge in [0.15, 0.2) is 0 Å². The summed E-state index contributed by atoms with van der Waals surface area (Å²) in [6.07, 6.45) is 6.56. The Labute approximate surface area is 456 Å². The Morgan fingerprint density at radius 1 is 0.620 bits per heavy atom. The van der Waals surface area contributed by atoms with Gasteiger partial charge in [0.1, 0.15) is 6.07 Å². The zero-order chi connectivity index (χ0) is 55.4. The van der Waals surface area contributed by atoms with E-state index in [2.05, 4.69) is 126 Å². The molecule has 7 aromatic carbocycles. The molecule has 3 aliphatic rings. The maximum atomic E-state index is 15.9. The Bertz CT molecular complexity index is 4230. The van der Waals surface area contributed by atoms with Gasteiger partial charge in [-0.2, -0.15) is 31.6 Å². The van der Waals surface area contributed by atoms with Crippen LogP contribution in [-0.2, 0) is 12.4 Å². The molecule has 0 spiro atoms. The summed E-state index contributed by atoms with van der Waals surface area (Å²) in [5, 5.41) is 14.3. The third-order valence-corrected chi connectivity index (χ3v) is 16.4. The Kier molecular flexibility index (Phi) is 12.3. The van der Waals surface area contributed by atoms with Crippen molar-refractivity contribution in [2.75, 3.05) is 0 Å². The van der Waals surface area contributed by atoms with Crippen LogP contribution in [0.1, 0.15) is 98.0 Å². The van der Waals surface area contributed by atoms with Crippen LogP contribution in [0, 0.1) is 42.4 Å². The molecule has 12 rings (SSSR count). The Morgan fingerprint density at radius 2 is 1.23 bits per heavy atom. The van der Waals surface area contributed by atoms with E-state index in [4.69, 9.17) is 0 Å². The van der Waals surface area contributed by atoms with Crippen LogP contribution >= 0.6 is 0 Å². The number of aryl methyl sites for hydroxylation is 2. The highest BCUT2D eigenvalue weighted by atomic mass is 19.4. The van der Waals surface area contributed by atoms with Crippen molar-refractivity contribution in [3.8, 4) is 50.8 Å². The van der Waals surface area contributed by atoms with Crippen molar-refractivity contribution in [3.63, 3.8) is 0 Å². The molecule has 0 saturated heterocycles. The number of rotatable bonds is 7. The molecule has 2 aromatic heterocycles. The first kappa shape index (κ1) is 51.4. The largest absolute Gasteiger partial charge is 0.417 e. The minimum Gasteiger partial charge on any atom is -0.312 e. The normalized spacial score (nSPS) is 18.2. The minimum atomic E-state index is -5.23. The van der Waals surface area contributed by atoms with Gasteiger partial charge in [0.2, 0.25) is 0 Å². The van der Waals surface area contributed by atoms with Gasteiger partial charge in [-0.3, -0.25) is 0 Å². The Hall–Kier alpha value is -8.35. The zero-order valence-corrected chi connectivity index (χ0v) is 45.0. The van der Waals surface area contributed by atoms with Crippen molar-refractivity contribution in [1.82, 2.24) is 9.13 Å². The molecule has 3 atom stereocenters. The predicted molar refractivity (Wildman–Crippen MR) is 310 cm³/mol. The fourth-order valence-electron chi connectivity index (χ4n) is 12.8. The lowest BCUT2D eigenvalue weighted by molar-refractivity contribution is -0.142. The summed E-state index contributed by atoms with van der Waals surface area (Å²) in [5.41, 5.74) is 11.2. The molecule has 0 N–H and O–H groups in total. The van der Waals surface area contributed by atoms with E-state index >= 15 is 13.2 Å². The topological polar surface area (TPSA) is 33.6 Å². The van der Waals surface area contributed by atoms with E-state index in [0.717, 1.165) is 102 Å². The molecule has 0 saturated carbocycles. The average molecular weight is 1050 g/mol. The predicted octanol–water partition coefficient (Wildman–Crippen LogP) is 20.3. The molecule has 0 aliphatic heterocycles. The van der Waals surface area contributed by atoms with E-state index < -0.39 is 29.0 Å². The number of nitriles is 1. The highest BCUT2D eigenvalue weighted by Gasteiger charge is 2.40. The highest BCUT2D eigenvalue weighted by molar-refractivity contribution is 6.11. The molecule has 0 radical (unpaired) electrons. The smallest absolute Gasteiger partial charge is 0.312 e. The molecule has 2 heterocycles. The standard InChI is InChI=1S/C70H57F6N3/c1-40-11-8-13-45(28-40)47-16-20-56-57-21-18-49(50-15-10-26-68(6,7)38-50)34-64(57)78(63(56)32-47)62-37-60(55-23-19-53(69(71,72)73)36-61(55)70(74,75)76)66(35-52(62)39-77)79-65-33-48(46-14-9-12-41(2)29-46)17-22-58(65)59-25-24-54(44(5)67(59)79)51-30-42(3)27-43(4)31-51/h8-26,28-37,42,44,54H,27,38H2,1-7H3. The van der Waals surface area contributed by atoms with Gasteiger partial charge in [-0.1, -0.05) is 178 Å². The third-order valence-electron chi connectivity index (χ3n) is 16.4. The van der Waals surface area contributed by atoms with Gasteiger partial charge in [0.25, 0.3) is 0 Å². The minimum absolute atomic E-state index is 0.0122. The summed E-state index contributed by atoms with van der Waals surface area (Å²) in [5.74, 6) is -0.0995. The van der Waals surface area contributed by atoms with Gasteiger partial charge in [-0.25, -0.2) is 0 Å². The molecule has 394 valence electrons. The molecule has 9 aromatic rings. The summed E-state index contributed by atoms with van der Waals surface area (Å²) < 4.78 is 95.7. The molecule has 3 aliphatic carbocycles. The summed E-state index contributed by atoms with van der Waals surface area (Å²) in [7, 11) is 0. The number of halogens is 6. The summed E-state index contributed by atoms with van der Waals surface area (Å²) in [6.45, 7) is 14.8. The third kappa shape index (κ3) is 9.15. The number of fused-ring (bicyclic) bond motifs is 6. The number of alkyl halides is 6. The van der Waals surface area contributed by atoms with E-state index in [0.29, 0.717) is 16.6 Å². The van der Waals surface area contributed by atoms with Crippen molar-refractivity contribution in [2.45, 2.75) is 79.6 Å². The second kappa shape index (κ2) is 18.9. The van der Waals surface area contributed by atoms with Crippen LogP contribution in [0.15, 0.2) is 181 Å². The molecule has 3 nitrogen and oxygen atoms in total. The lowest BCUT2D eigenvalue weighted by Crippen LogP contribution is -2.19. The van der Waals surface area contributed by atoms with Crippen LogP contribution in [0.25, 0.3) is 89.1 Å². The SMILES string of the molecule is CC1=CC(C2C=Cc3c(n(-c4cc(C#N)c(-n5c6cc(C7=CC=CC(C)(C)C7)ccc6c6ccc(-c7cccc(C)c7)cc65)cc4-c4ccc(C(F)(F)F)cc4C(F)(F)F)c4cc(-c5cccc(C)c5)ccc34)C2C)=CC(C)C1. The fraction of sp³-hybridized carbons (Fsp3) is 0.214. The molecule has 3 unspecified atom stereocenters. The first-order chi connectivity index (χ1) is 37.6. The van der Waals surface area contributed by atoms with Crippen LogP contribution in [0.5, 0.6) is 0 Å². The number of hydrogen-bond acceptors (Lipinski definition) is 1. The number of allylic oxidation sites excluding steroid dienone is 9. The van der Waals surface area contributed by atoms with Crippen molar-refractivity contribution >= 4 is 44.4 Å².